The molecule has 4 rings (SSSR count). The first kappa shape index (κ1) is 17.7. The molecule has 0 aliphatic carbocycles. The second-order valence-corrected chi connectivity index (χ2v) is 7.38. The number of hydrogen-bond donors (Lipinski definition) is 1. The van der Waals surface area contributed by atoms with Crippen molar-refractivity contribution in [1.29, 1.82) is 0 Å². The lowest BCUT2D eigenvalue weighted by atomic mass is 10.1. The zero-order valence-electron chi connectivity index (χ0n) is 14.5. The number of rotatable bonds is 5. The van der Waals surface area contributed by atoms with Crippen LogP contribution in [0.25, 0.3) is 5.65 Å². The van der Waals surface area contributed by atoms with Crippen molar-refractivity contribution < 1.29 is 9.59 Å². The van der Waals surface area contributed by atoms with Gasteiger partial charge >= 0.3 is 0 Å². The SMILES string of the molecule is O=C(NCCc1nnc2ccccn12)C1CC(=O)N(c2ccc(Br)cc2)C1. The summed E-state index contributed by atoms with van der Waals surface area (Å²) in [7, 11) is 0. The fourth-order valence-electron chi connectivity index (χ4n) is 3.26. The summed E-state index contributed by atoms with van der Waals surface area (Å²) in [5.74, 6) is 0.332. The Morgan fingerprint density at radius 2 is 2.00 bits per heavy atom. The summed E-state index contributed by atoms with van der Waals surface area (Å²) in [4.78, 5) is 26.4. The average Bonchev–Trinajstić information content (AvgIpc) is 3.26. The molecule has 0 saturated carbocycles. The summed E-state index contributed by atoms with van der Waals surface area (Å²) in [5, 5.41) is 11.2. The van der Waals surface area contributed by atoms with Crippen LogP contribution >= 0.6 is 15.9 Å². The minimum atomic E-state index is -0.337. The van der Waals surface area contributed by atoms with E-state index in [1.54, 1.807) is 4.90 Å². The highest BCUT2D eigenvalue weighted by Gasteiger charge is 2.34. The predicted octanol–water partition coefficient (Wildman–Crippen LogP) is 2.20. The summed E-state index contributed by atoms with van der Waals surface area (Å²) in [6, 6.07) is 13.2. The van der Waals surface area contributed by atoms with E-state index >= 15 is 0 Å². The first-order chi connectivity index (χ1) is 13.1. The number of carbonyl (C=O) groups excluding carboxylic acids is 2. The Hall–Kier alpha value is -2.74. The topological polar surface area (TPSA) is 79.6 Å². The summed E-state index contributed by atoms with van der Waals surface area (Å²) >= 11 is 3.39. The molecule has 1 aliphatic heterocycles. The molecule has 1 aromatic carbocycles. The number of anilines is 1. The monoisotopic (exact) mass is 427 g/mol. The normalized spacial score (nSPS) is 16.9. The zero-order chi connectivity index (χ0) is 18.8. The molecule has 1 unspecified atom stereocenters. The van der Waals surface area contributed by atoms with E-state index in [4.69, 9.17) is 0 Å². The maximum absolute atomic E-state index is 12.5. The smallest absolute Gasteiger partial charge is 0.227 e. The van der Waals surface area contributed by atoms with Gasteiger partial charge < -0.3 is 10.2 Å². The number of hydrogen-bond acceptors (Lipinski definition) is 4. The number of amides is 2. The average molecular weight is 428 g/mol. The minimum Gasteiger partial charge on any atom is -0.355 e. The molecule has 0 bridgehead atoms. The molecule has 3 heterocycles. The first-order valence-electron chi connectivity index (χ1n) is 8.74. The van der Waals surface area contributed by atoms with Crippen LogP contribution < -0.4 is 10.2 Å². The van der Waals surface area contributed by atoms with Crippen LogP contribution in [0, 0.1) is 5.92 Å². The lowest BCUT2D eigenvalue weighted by Gasteiger charge is -2.16. The Morgan fingerprint density at radius 1 is 1.19 bits per heavy atom. The summed E-state index contributed by atoms with van der Waals surface area (Å²) in [6.45, 7) is 0.859. The number of halogens is 1. The molecule has 2 aromatic heterocycles. The molecule has 0 spiro atoms. The second-order valence-electron chi connectivity index (χ2n) is 6.47. The van der Waals surface area contributed by atoms with Gasteiger partial charge in [-0.1, -0.05) is 22.0 Å². The molecular weight excluding hydrogens is 410 g/mol. The fraction of sp³-hybridized carbons (Fsp3) is 0.263. The molecule has 3 aromatic rings. The number of nitrogens with one attached hydrogen (secondary N) is 1. The van der Waals surface area contributed by atoms with Crippen molar-refractivity contribution >= 4 is 39.1 Å². The van der Waals surface area contributed by atoms with Gasteiger partial charge in [-0.15, -0.1) is 10.2 Å². The number of aromatic nitrogens is 3. The van der Waals surface area contributed by atoms with Crippen molar-refractivity contribution in [3.8, 4) is 0 Å². The van der Waals surface area contributed by atoms with Crippen LogP contribution in [-0.2, 0) is 16.0 Å². The van der Waals surface area contributed by atoms with Crippen molar-refractivity contribution in [2.24, 2.45) is 5.92 Å². The molecule has 138 valence electrons. The van der Waals surface area contributed by atoms with Gasteiger partial charge in [-0.05, 0) is 36.4 Å². The van der Waals surface area contributed by atoms with E-state index in [1.165, 1.54) is 0 Å². The molecule has 27 heavy (non-hydrogen) atoms. The Kier molecular flexibility index (Phi) is 4.89. The molecule has 1 N–H and O–H groups in total. The molecule has 1 fully saturated rings. The largest absolute Gasteiger partial charge is 0.355 e. The number of pyridine rings is 1. The van der Waals surface area contributed by atoms with Crippen LogP contribution in [0.15, 0.2) is 53.1 Å². The van der Waals surface area contributed by atoms with Crippen LogP contribution in [0.5, 0.6) is 0 Å². The highest BCUT2D eigenvalue weighted by molar-refractivity contribution is 9.10. The van der Waals surface area contributed by atoms with Gasteiger partial charge in [0, 0.05) is 42.3 Å². The van der Waals surface area contributed by atoms with E-state index < -0.39 is 0 Å². The Morgan fingerprint density at radius 3 is 2.81 bits per heavy atom. The van der Waals surface area contributed by atoms with E-state index in [9.17, 15) is 9.59 Å². The molecule has 1 atom stereocenters. The maximum Gasteiger partial charge on any atom is 0.227 e. The summed E-state index contributed by atoms with van der Waals surface area (Å²) in [6.07, 6.45) is 2.71. The summed E-state index contributed by atoms with van der Waals surface area (Å²) in [5.41, 5.74) is 1.60. The van der Waals surface area contributed by atoms with E-state index in [-0.39, 0.29) is 24.2 Å². The molecule has 1 saturated heterocycles. The van der Waals surface area contributed by atoms with E-state index in [2.05, 4.69) is 31.4 Å². The van der Waals surface area contributed by atoms with E-state index in [0.717, 1.165) is 21.6 Å². The Balaban J connectivity index is 1.33. The number of nitrogens with zero attached hydrogens (tertiary/aromatic N) is 4. The molecule has 2 amide bonds. The quantitative estimate of drug-likeness (QED) is 0.676. The standard InChI is InChI=1S/C19H18BrN5O2/c20-14-4-6-15(7-5-14)25-12-13(11-18(25)26)19(27)21-9-8-17-23-22-16-3-1-2-10-24(16)17/h1-7,10,13H,8-9,11-12H2,(H,21,27). The Bertz CT molecular complexity index is 985. The van der Waals surface area contributed by atoms with Gasteiger partial charge in [0.05, 0.1) is 5.92 Å². The molecule has 8 heteroatoms. The van der Waals surface area contributed by atoms with Gasteiger partial charge in [-0.25, -0.2) is 0 Å². The number of fused-ring (bicyclic) bond motifs is 1. The van der Waals surface area contributed by atoms with Gasteiger partial charge in [0.1, 0.15) is 5.82 Å². The fourth-order valence-corrected chi connectivity index (χ4v) is 3.52. The maximum atomic E-state index is 12.5. The van der Waals surface area contributed by atoms with Crippen molar-refractivity contribution in [3.63, 3.8) is 0 Å². The van der Waals surface area contributed by atoms with Gasteiger partial charge in [0.25, 0.3) is 0 Å². The van der Waals surface area contributed by atoms with Crippen LogP contribution in [0.1, 0.15) is 12.2 Å². The van der Waals surface area contributed by atoms with Crippen molar-refractivity contribution in [1.82, 2.24) is 19.9 Å². The third-order valence-electron chi connectivity index (χ3n) is 4.67. The van der Waals surface area contributed by atoms with Gasteiger partial charge in [0.2, 0.25) is 11.8 Å². The molecule has 1 aliphatic rings. The predicted molar refractivity (Wildman–Crippen MR) is 104 cm³/mol. The first-order valence-corrected chi connectivity index (χ1v) is 9.53. The van der Waals surface area contributed by atoms with Crippen molar-refractivity contribution in [2.75, 3.05) is 18.0 Å². The molecule has 0 radical (unpaired) electrons. The Labute approximate surface area is 164 Å². The zero-order valence-corrected chi connectivity index (χ0v) is 16.1. The molecule has 7 nitrogen and oxygen atoms in total. The lowest BCUT2D eigenvalue weighted by molar-refractivity contribution is -0.126. The number of benzene rings is 1. The molecular formula is C19H18BrN5O2. The van der Waals surface area contributed by atoms with Gasteiger partial charge in [-0.3, -0.25) is 14.0 Å². The van der Waals surface area contributed by atoms with Crippen LogP contribution in [0.4, 0.5) is 5.69 Å². The van der Waals surface area contributed by atoms with Gasteiger partial charge in [0.15, 0.2) is 5.65 Å². The lowest BCUT2D eigenvalue weighted by Crippen LogP contribution is -2.34. The minimum absolute atomic E-state index is 0.0269. The highest BCUT2D eigenvalue weighted by atomic mass is 79.9. The highest BCUT2D eigenvalue weighted by Crippen LogP contribution is 2.26. The number of carbonyl (C=O) groups is 2. The van der Waals surface area contributed by atoms with Crippen LogP contribution in [-0.4, -0.2) is 39.5 Å². The van der Waals surface area contributed by atoms with E-state index in [1.807, 2.05) is 53.1 Å². The van der Waals surface area contributed by atoms with Gasteiger partial charge in [-0.2, -0.15) is 0 Å². The van der Waals surface area contributed by atoms with Crippen LogP contribution in [0.2, 0.25) is 0 Å². The third kappa shape index (κ3) is 3.71. The summed E-state index contributed by atoms with van der Waals surface area (Å²) < 4.78 is 2.86. The van der Waals surface area contributed by atoms with Crippen molar-refractivity contribution in [2.45, 2.75) is 12.8 Å². The van der Waals surface area contributed by atoms with Crippen molar-refractivity contribution in [3.05, 3.63) is 59.0 Å². The van der Waals surface area contributed by atoms with E-state index in [0.29, 0.717) is 19.5 Å². The second kappa shape index (κ2) is 7.48. The van der Waals surface area contributed by atoms with Crippen LogP contribution in [0.3, 0.4) is 0 Å². The third-order valence-corrected chi connectivity index (χ3v) is 5.19.